The fourth-order valence-corrected chi connectivity index (χ4v) is 4.56. The average molecular weight is 475 g/mol. The van der Waals surface area contributed by atoms with Gasteiger partial charge in [0.15, 0.2) is 17.5 Å². The highest BCUT2D eigenvalue weighted by atomic mass is 32.2. The molecule has 33 heavy (non-hydrogen) atoms. The normalized spacial score (nSPS) is 17.4. The molecule has 0 saturated carbocycles. The molecule has 0 unspecified atom stereocenters. The Morgan fingerprint density at radius 3 is 2.52 bits per heavy atom. The molecule has 0 atom stereocenters. The van der Waals surface area contributed by atoms with E-state index in [1.165, 1.54) is 0 Å². The minimum atomic E-state index is -1.73. The fourth-order valence-electron chi connectivity index (χ4n) is 3.73. The van der Waals surface area contributed by atoms with Crippen LogP contribution in [0.1, 0.15) is 24.0 Å². The number of benzene rings is 2. The molecule has 2 saturated heterocycles. The number of aryl methyl sites for hydroxylation is 1. The maximum absolute atomic E-state index is 13.8. The third kappa shape index (κ3) is 4.75. The van der Waals surface area contributed by atoms with E-state index in [9.17, 15) is 27.6 Å². The van der Waals surface area contributed by atoms with Crippen molar-refractivity contribution in [2.24, 2.45) is 0 Å². The summed E-state index contributed by atoms with van der Waals surface area (Å²) in [6, 6.07) is 7.40. The number of carbonyl (C=O) groups excluding carboxylic acids is 3. The number of amides is 3. The summed E-state index contributed by atoms with van der Waals surface area (Å²) < 4.78 is 40.1. The average Bonchev–Trinajstić information content (AvgIpc) is 3.40. The predicted molar refractivity (Wildman–Crippen MR) is 120 cm³/mol. The molecule has 0 aliphatic carbocycles. The van der Waals surface area contributed by atoms with Crippen LogP contribution in [0.2, 0.25) is 0 Å². The number of rotatable bonds is 5. The Hall–Kier alpha value is -3.27. The lowest BCUT2D eigenvalue weighted by molar-refractivity contribution is -0.127. The van der Waals surface area contributed by atoms with Gasteiger partial charge in [-0.3, -0.25) is 19.3 Å². The van der Waals surface area contributed by atoms with Crippen LogP contribution in [0.15, 0.2) is 35.2 Å². The van der Waals surface area contributed by atoms with Crippen molar-refractivity contribution in [3.8, 4) is 0 Å². The molecule has 2 aromatic rings. The molecule has 3 amide bonds. The molecule has 6 nitrogen and oxygen atoms in total. The van der Waals surface area contributed by atoms with Gasteiger partial charge in [0.25, 0.3) is 11.1 Å². The summed E-state index contributed by atoms with van der Waals surface area (Å²) >= 11 is 0.695. The molecule has 2 heterocycles. The van der Waals surface area contributed by atoms with E-state index in [2.05, 4.69) is 10.2 Å². The lowest BCUT2D eigenvalue weighted by atomic mass is 10.1. The Morgan fingerprint density at radius 1 is 1.09 bits per heavy atom. The van der Waals surface area contributed by atoms with Crippen LogP contribution in [-0.4, -0.2) is 41.6 Å². The van der Waals surface area contributed by atoms with Crippen molar-refractivity contribution < 1.29 is 27.6 Å². The van der Waals surface area contributed by atoms with Crippen LogP contribution >= 0.6 is 11.8 Å². The summed E-state index contributed by atoms with van der Waals surface area (Å²) in [7, 11) is 0. The van der Waals surface area contributed by atoms with Gasteiger partial charge in [-0.15, -0.1) is 0 Å². The molecular weight excluding hydrogens is 455 g/mol. The highest BCUT2D eigenvalue weighted by molar-refractivity contribution is 8.18. The van der Waals surface area contributed by atoms with Gasteiger partial charge in [-0.1, -0.05) is 6.07 Å². The van der Waals surface area contributed by atoms with Gasteiger partial charge in [-0.25, -0.2) is 13.2 Å². The van der Waals surface area contributed by atoms with Crippen LogP contribution in [0.3, 0.4) is 0 Å². The quantitative estimate of drug-likeness (QED) is 0.502. The van der Waals surface area contributed by atoms with Crippen LogP contribution in [0.25, 0.3) is 6.08 Å². The Labute approximate surface area is 192 Å². The first-order valence-electron chi connectivity index (χ1n) is 10.3. The summed E-state index contributed by atoms with van der Waals surface area (Å²) in [5, 5.41) is 1.40. The van der Waals surface area contributed by atoms with Crippen LogP contribution < -0.4 is 10.2 Å². The van der Waals surface area contributed by atoms with Crippen molar-refractivity contribution in [3.05, 3.63) is 63.8 Å². The molecule has 0 bridgehead atoms. The molecule has 4 rings (SSSR count). The smallest absolute Gasteiger partial charge is 0.294 e. The molecule has 172 valence electrons. The molecule has 0 radical (unpaired) electrons. The topological polar surface area (TPSA) is 69.7 Å². The van der Waals surface area contributed by atoms with E-state index in [1.54, 1.807) is 6.08 Å². The SMILES string of the molecule is Cc1cc(N2CCCC2)ccc1/C=C1/SC(=O)N(CC(=O)Nc2ccc(F)c(F)c2F)C1=O. The van der Waals surface area contributed by atoms with E-state index in [0.29, 0.717) is 17.8 Å². The second kappa shape index (κ2) is 9.30. The van der Waals surface area contributed by atoms with Gasteiger partial charge >= 0.3 is 0 Å². The Balaban J connectivity index is 1.46. The van der Waals surface area contributed by atoms with E-state index in [0.717, 1.165) is 53.7 Å². The summed E-state index contributed by atoms with van der Waals surface area (Å²) in [6.45, 7) is 3.25. The van der Waals surface area contributed by atoms with Gasteiger partial charge in [-0.2, -0.15) is 0 Å². The van der Waals surface area contributed by atoms with Crippen molar-refractivity contribution in [3.63, 3.8) is 0 Å². The summed E-state index contributed by atoms with van der Waals surface area (Å²) in [6.07, 6.45) is 3.91. The van der Waals surface area contributed by atoms with Gasteiger partial charge in [-0.05, 0) is 73.0 Å². The second-order valence-electron chi connectivity index (χ2n) is 7.77. The molecule has 0 aromatic heterocycles. The Morgan fingerprint density at radius 2 is 1.82 bits per heavy atom. The first-order chi connectivity index (χ1) is 15.7. The van der Waals surface area contributed by atoms with Crippen molar-refractivity contribution in [1.82, 2.24) is 4.90 Å². The first kappa shape index (κ1) is 22.9. The summed E-state index contributed by atoms with van der Waals surface area (Å²) in [4.78, 5) is 40.4. The molecule has 2 aromatic carbocycles. The van der Waals surface area contributed by atoms with Crippen LogP contribution in [-0.2, 0) is 9.59 Å². The minimum absolute atomic E-state index is 0.156. The zero-order valence-electron chi connectivity index (χ0n) is 17.7. The molecule has 10 heteroatoms. The number of hydrogen-bond donors (Lipinski definition) is 1. The number of nitrogens with one attached hydrogen (secondary N) is 1. The summed E-state index contributed by atoms with van der Waals surface area (Å²) in [5.74, 6) is -6.27. The van der Waals surface area contributed by atoms with Crippen LogP contribution in [0.5, 0.6) is 0 Å². The Kier molecular flexibility index (Phi) is 6.46. The van der Waals surface area contributed by atoms with Gasteiger partial charge < -0.3 is 10.2 Å². The number of hydrogen-bond acceptors (Lipinski definition) is 5. The second-order valence-corrected chi connectivity index (χ2v) is 8.77. The van der Waals surface area contributed by atoms with Crippen LogP contribution in [0.4, 0.5) is 29.3 Å². The molecule has 2 aliphatic rings. The van der Waals surface area contributed by atoms with Crippen molar-refractivity contribution in [1.29, 1.82) is 0 Å². The van der Waals surface area contributed by atoms with Crippen molar-refractivity contribution >= 4 is 46.3 Å². The van der Waals surface area contributed by atoms with E-state index in [4.69, 9.17) is 0 Å². The number of halogens is 3. The number of anilines is 2. The fraction of sp³-hybridized carbons (Fsp3) is 0.261. The van der Waals surface area contributed by atoms with E-state index in [-0.39, 0.29) is 4.91 Å². The molecule has 0 spiro atoms. The highest BCUT2D eigenvalue weighted by Gasteiger charge is 2.36. The Bertz CT molecular complexity index is 1180. The van der Waals surface area contributed by atoms with E-state index < -0.39 is 46.7 Å². The zero-order valence-corrected chi connectivity index (χ0v) is 18.5. The summed E-state index contributed by atoms with van der Waals surface area (Å²) in [5.41, 5.74) is 2.24. The number of carbonyl (C=O) groups is 3. The van der Waals surface area contributed by atoms with E-state index >= 15 is 0 Å². The standard InChI is InChI=1S/C23H20F3N3O3S/c1-13-10-15(28-8-2-3-9-28)5-4-14(13)11-18-22(31)29(23(32)33-18)12-19(30)27-17-7-6-16(24)20(25)21(17)26/h4-7,10-11H,2-3,8-9,12H2,1H3,(H,27,30)/b18-11+. The molecular formula is C23H20F3N3O3S. The molecule has 1 N–H and O–H groups in total. The number of thioether (sulfide) groups is 1. The molecule has 2 fully saturated rings. The third-order valence-electron chi connectivity index (χ3n) is 5.50. The van der Waals surface area contributed by atoms with Crippen LogP contribution in [0, 0.1) is 24.4 Å². The van der Waals surface area contributed by atoms with Gasteiger partial charge in [0, 0.05) is 18.8 Å². The monoisotopic (exact) mass is 475 g/mol. The lowest BCUT2D eigenvalue weighted by Crippen LogP contribution is -2.36. The predicted octanol–water partition coefficient (Wildman–Crippen LogP) is 4.69. The van der Waals surface area contributed by atoms with E-state index in [1.807, 2.05) is 25.1 Å². The van der Waals surface area contributed by atoms with Gasteiger partial charge in [0.05, 0.1) is 10.6 Å². The van der Waals surface area contributed by atoms with Gasteiger partial charge in [0.1, 0.15) is 6.54 Å². The van der Waals surface area contributed by atoms with Crippen molar-refractivity contribution in [2.45, 2.75) is 19.8 Å². The zero-order chi connectivity index (χ0) is 23.7. The minimum Gasteiger partial charge on any atom is -0.372 e. The number of nitrogens with zero attached hydrogens (tertiary/aromatic N) is 2. The largest absolute Gasteiger partial charge is 0.372 e. The molecule has 2 aliphatic heterocycles. The third-order valence-corrected chi connectivity index (χ3v) is 6.40. The maximum Gasteiger partial charge on any atom is 0.294 e. The van der Waals surface area contributed by atoms with Gasteiger partial charge in [0.2, 0.25) is 5.91 Å². The lowest BCUT2D eigenvalue weighted by Gasteiger charge is -2.18. The first-order valence-corrected chi connectivity index (χ1v) is 11.1. The number of imide groups is 1. The highest BCUT2D eigenvalue weighted by Crippen LogP contribution is 2.33. The maximum atomic E-state index is 13.8. The van der Waals surface area contributed by atoms with Crippen molar-refractivity contribution in [2.75, 3.05) is 29.9 Å².